The Kier molecular flexibility index (Phi) is 4.99. The minimum absolute atomic E-state index is 0.348. The summed E-state index contributed by atoms with van der Waals surface area (Å²) in [6.45, 7) is 1.34. The van der Waals surface area contributed by atoms with E-state index in [2.05, 4.69) is 4.72 Å². The fourth-order valence-electron chi connectivity index (χ4n) is 0.819. The summed E-state index contributed by atoms with van der Waals surface area (Å²) in [5, 5.41) is 7.76. The number of sulfonamides is 1. The van der Waals surface area contributed by atoms with Gasteiger partial charge in [0.25, 0.3) is 0 Å². The minimum Gasteiger partial charge on any atom is -0.395 e. The second-order valence-electron chi connectivity index (χ2n) is 3.06. The Balaban J connectivity index is 4.51. The average Bonchev–Trinajstić information content (AvgIpc) is 1.95. The van der Waals surface area contributed by atoms with Crippen molar-refractivity contribution in [3.05, 3.63) is 0 Å². The molecule has 0 saturated carbocycles. The second-order valence-corrected chi connectivity index (χ2v) is 7.32. The summed E-state index contributed by atoms with van der Waals surface area (Å²) >= 11 is 0. The van der Waals surface area contributed by atoms with Gasteiger partial charge in [-0.25, -0.2) is 21.6 Å². The van der Waals surface area contributed by atoms with E-state index in [4.69, 9.17) is 5.11 Å². The molecule has 0 aromatic rings. The van der Waals surface area contributed by atoms with Crippen LogP contribution in [0.3, 0.4) is 0 Å². The fraction of sp³-hybridized carbons (Fsp3) is 1.00. The lowest BCUT2D eigenvalue weighted by atomic mass is 10.3. The number of sulfone groups is 1. The highest BCUT2D eigenvalue weighted by Gasteiger charge is 2.20. The minimum atomic E-state index is -3.86. The van der Waals surface area contributed by atoms with Gasteiger partial charge in [0, 0.05) is 12.3 Å². The first kappa shape index (κ1) is 13.8. The highest BCUT2D eigenvalue weighted by Crippen LogP contribution is 1.97. The molecule has 2 N–H and O–H groups in total. The van der Waals surface area contributed by atoms with Crippen LogP contribution in [0.2, 0.25) is 0 Å². The van der Waals surface area contributed by atoms with Gasteiger partial charge in [-0.3, -0.25) is 0 Å². The summed E-state index contributed by atoms with van der Waals surface area (Å²) in [4.78, 5) is 0. The van der Waals surface area contributed by atoms with Crippen molar-refractivity contribution in [1.29, 1.82) is 0 Å². The van der Waals surface area contributed by atoms with Crippen LogP contribution in [0.25, 0.3) is 0 Å². The molecule has 0 unspecified atom stereocenters. The van der Waals surface area contributed by atoms with Gasteiger partial charge >= 0.3 is 0 Å². The normalized spacial score (nSPS) is 15.4. The van der Waals surface area contributed by atoms with Crippen molar-refractivity contribution >= 4 is 19.9 Å². The summed E-state index contributed by atoms with van der Waals surface area (Å²) in [5.74, 6) is 0. The van der Waals surface area contributed by atoms with E-state index < -0.39 is 31.0 Å². The maximum Gasteiger partial charge on any atom is 0.226 e. The molecule has 6 nitrogen and oxygen atoms in total. The molecule has 0 aromatic heterocycles. The lowest BCUT2D eigenvalue weighted by molar-refractivity contribution is 0.254. The zero-order chi connectivity index (χ0) is 11.4. The van der Waals surface area contributed by atoms with E-state index in [9.17, 15) is 16.8 Å². The summed E-state index contributed by atoms with van der Waals surface area (Å²) in [5.41, 5.74) is 0. The molecule has 0 amide bonds. The molecule has 0 fully saturated rings. The molecule has 8 heteroatoms. The van der Waals surface area contributed by atoms with Crippen molar-refractivity contribution in [2.75, 3.05) is 17.9 Å². The van der Waals surface area contributed by atoms with Gasteiger partial charge in [-0.05, 0) is 6.42 Å². The van der Waals surface area contributed by atoms with Gasteiger partial charge in [0.15, 0.2) is 14.9 Å². The average molecular weight is 245 g/mol. The lowest BCUT2D eigenvalue weighted by Crippen LogP contribution is -2.39. The predicted molar refractivity (Wildman–Crippen MR) is 52.9 cm³/mol. The van der Waals surface area contributed by atoms with E-state index >= 15 is 0 Å². The van der Waals surface area contributed by atoms with Crippen LogP contribution in [-0.2, 0) is 19.9 Å². The van der Waals surface area contributed by atoms with Gasteiger partial charge in [-0.2, -0.15) is 0 Å². The second kappa shape index (κ2) is 5.06. The molecule has 0 heterocycles. The van der Waals surface area contributed by atoms with Gasteiger partial charge in [0.05, 0.1) is 6.61 Å². The van der Waals surface area contributed by atoms with Crippen molar-refractivity contribution < 1.29 is 21.9 Å². The molecule has 0 aliphatic heterocycles. The van der Waals surface area contributed by atoms with Gasteiger partial charge < -0.3 is 5.11 Å². The quantitative estimate of drug-likeness (QED) is 0.604. The third kappa shape index (κ3) is 6.30. The van der Waals surface area contributed by atoms with Crippen molar-refractivity contribution in [3.8, 4) is 0 Å². The predicted octanol–water partition coefficient (Wildman–Crippen LogP) is -1.32. The van der Waals surface area contributed by atoms with Crippen LogP contribution in [0.1, 0.15) is 13.3 Å². The van der Waals surface area contributed by atoms with Crippen LogP contribution in [0, 0.1) is 0 Å². The first-order valence-corrected chi connectivity index (χ1v) is 7.70. The molecule has 0 radical (unpaired) electrons. The molecule has 0 aromatic carbocycles. The maximum absolute atomic E-state index is 11.2. The number of hydrogen-bond acceptors (Lipinski definition) is 5. The molecule has 86 valence electrons. The van der Waals surface area contributed by atoms with E-state index in [1.54, 1.807) is 6.92 Å². The van der Waals surface area contributed by atoms with E-state index in [1.165, 1.54) is 0 Å². The number of rotatable bonds is 6. The largest absolute Gasteiger partial charge is 0.395 e. The van der Waals surface area contributed by atoms with E-state index in [0.717, 1.165) is 6.26 Å². The SMILES string of the molecule is CC[C@H](CO)NS(=O)(=O)CS(C)(=O)=O. The summed E-state index contributed by atoms with van der Waals surface area (Å²) < 4.78 is 45.9. The van der Waals surface area contributed by atoms with Crippen LogP contribution in [0.4, 0.5) is 0 Å². The van der Waals surface area contributed by atoms with Crippen LogP contribution in [0.5, 0.6) is 0 Å². The Morgan fingerprint density at radius 3 is 2.07 bits per heavy atom. The standard InChI is InChI=1S/C6H15NO5S2/c1-3-6(4-8)7-14(11,12)5-13(2,9)10/h6-8H,3-5H2,1-2H3/t6-/m1/s1. The maximum atomic E-state index is 11.2. The molecular formula is C6H15NO5S2. The summed E-state index contributed by atoms with van der Waals surface area (Å²) in [6.07, 6.45) is 1.24. The third-order valence-corrected chi connectivity index (χ3v) is 5.07. The Bertz CT molecular complexity index is 354. The van der Waals surface area contributed by atoms with Crippen LogP contribution in [0.15, 0.2) is 0 Å². The van der Waals surface area contributed by atoms with Crippen LogP contribution < -0.4 is 4.72 Å². The molecule has 0 aliphatic carbocycles. The van der Waals surface area contributed by atoms with Gasteiger partial charge in [-0.1, -0.05) is 6.92 Å². The van der Waals surface area contributed by atoms with E-state index in [-0.39, 0.29) is 6.61 Å². The number of aliphatic hydroxyl groups is 1. The molecule has 0 aliphatic rings. The Morgan fingerprint density at radius 2 is 1.79 bits per heavy atom. The monoisotopic (exact) mass is 245 g/mol. The van der Waals surface area contributed by atoms with E-state index in [1.807, 2.05) is 0 Å². The summed E-state index contributed by atoms with van der Waals surface area (Å²) in [7, 11) is -7.44. The Labute approximate surface area is 84.3 Å². The Hall–Kier alpha value is -0.180. The zero-order valence-corrected chi connectivity index (χ0v) is 9.73. The zero-order valence-electron chi connectivity index (χ0n) is 8.10. The molecule has 0 saturated heterocycles. The Morgan fingerprint density at radius 1 is 1.29 bits per heavy atom. The molecule has 0 bridgehead atoms. The topological polar surface area (TPSA) is 101 Å². The van der Waals surface area contributed by atoms with Crippen molar-refractivity contribution in [3.63, 3.8) is 0 Å². The molecular weight excluding hydrogens is 230 g/mol. The number of hydrogen-bond donors (Lipinski definition) is 2. The van der Waals surface area contributed by atoms with Gasteiger partial charge in [0.1, 0.15) is 0 Å². The first-order valence-electron chi connectivity index (χ1n) is 3.98. The number of aliphatic hydroxyl groups excluding tert-OH is 1. The molecule has 0 spiro atoms. The third-order valence-electron chi connectivity index (χ3n) is 1.43. The first-order chi connectivity index (χ1) is 6.20. The van der Waals surface area contributed by atoms with Crippen molar-refractivity contribution in [2.45, 2.75) is 19.4 Å². The van der Waals surface area contributed by atoms with Crippen molar-refractivity contribution in [2.24, 2.45) is 0 Å². The van der Waals surface area contributed by atoms with Crippen LogP contribution in [-0.4, -0.2) is 45.9 Å². The van der Waals surface area contributed by atoms with Gasteiger partial charge in [0.2, 0.25) is 10.0 Å². The van der Waals surface area contributed by atoms with E-state index in [0.29, 0.717) is 6.42 Å². The van der Waals surface area contributed by atoms with Crippen molar-refractivity contribution in [1.82, 2.24) is 4.72 Å². The lowest BCUT2D eigenvalue weighted by Gasteiger charge is -2.13. The molecule has 1 atom stereocenters. The van der Waals surface area contributed by atoms with Crippen LogP contribution >= 0.6 is 0 Å². The van der Waals surface area contributed by atoms with Gasteiger partial charge in [-0.15, -0.1) is 0 Å². The smallest absolute Gasteiger partial charge is 0.226 e. The molecule has 14 heavy (non-hydrogen) atoms. The summed E-state index contributed by atoms with van der Waals surface area (Å²) in [6, 6.07) is -0.623. The molecule has 0 rings (SSSR count). The highest BCUT2D eigenvalue weighted by molar-refractivity contribution is 8.06. The number of nitrogens with one attached hydrogen (secondary N) is 1. The fourth-order valence-corrected chi connectivity index (χ4v) is 4.10. The highest BCUT2D eigenvalue weighted by atomic mass is 32.3.